The second-order valence-electron chi connectivity index (χ2n) is 19.6. The summed E-state index contributed by atoms with van der Waals surface area (Å²) in [5.41, 5.74) is 3.92. The first-order chi connectivity index (χ1) is 23.9. The minimum Gasteiger partial charge on any atom is -0.478 e. The van der Waals surface area contributed by atoms with E-state index in [1.807, 2.05) is 12.1 Å². The van der Waals surface area contributed by atoms with Gasteiger partial charge < -0.3 is 20.2 Å². The Morgan fingerprint density at radius 1 is 0.922 bits per heavy atom. The minimum absolute atomic E-state index is 0.0126. The Bertz CT molecular complexity index is 1620. The van der Waals surface area contributed by atoms with E-state index in [9.17, 15) is 18.3 Å². The number of carboxylic acids is 1. The van der Waals surface area contributed by atoms with Gasteiger partial charge >= 0.3 is 5.97 Å². The maximum Gasteiger partial charge on any atom is 0.335 e. The molecule has 51 heavy (non-hydrogen) atoms. The Labute approximate surface area is 309 Å². The van der Waals surface area contributed by atoms with Crippen molar-refractivity contribution in [2.24, 2.45) is 51.2 Å². The number of benzene rings is 1. The van der Waals surface area contributed by atoms with E-state index in [-0.39, 0.29) is 27.2 Å². The van der Waals surface area contributed by atoms with E-state index in [1.165, 1.54) is 62.5 Å². The number of hydrogen-bond donors (Lipinski definition) is 2. The molecule has 4 saturated carbocycles. The summed E-state index contributed by atoms with van der Waals surface area (Å²) in [7, 11) is 1.69. The Hall–Kier alpha value is -1.74. The molecule has 0 bridgehead atoms. The molecule has 7 rings (SSSR count). The molecule has 5 aliphatic carbocycles. The van der Waals surface area contributed by atoms with Crippen LogP contribution in [0.4, 0.5) is 0 Å². The SMILES string of the molecule is CC(C1CCC2(NCCN3CCS(=O)(=O)CC3)CCC3(C)C(CCC4C5(C)CC=C(c6ccc(C(=O)O)cc6)C(C)(C)C5CCC43C)C12)N(C)C. The van der Waals surface area contributed by atoms with Crippen molar-refractivity contribution < 1.29 is 18.3 Å². The van der Waals surface area contributed by atoms with Gasteiger partial charge in [-0.05, 0) is 153 Å². The third-order valence-electron chi connectivity index (χ3n) is 17.3. The fraction of sp³-hybridized carbons (Fsp3) is 0.791. The maximum absolute atomic E-state index is 12.1. The largest absolute Gasteiger partial charge is 0.478 e. The van der Waals surface area contributed by atoms with Crippen LogP contribution in [0.15, 0.2) is 30.3 Å². The topological polar surface area (TPSA) is 90.0 Å². The molecule has 10 unspecified atom stereocenters. The average molecular weight is 722 g/mol. The predicted octanol–water partition coefficient (Wildman–Crippen LogP) is 7.48. The second kappa shape index (κ2) is 12.9. The van der Waals surface area contributed by atoms with E-state index in [4.69, 9.17) is 0 Å². The zero-order valence-electron chi connectivity index (χ0n) is 32.9. The molecule has 1 saturated heterocycles. The van der Waals surface area contributed by atoms with Gasteiger partial charge in [0.2, 0.25) is 0 Å². The van der Waals surface area contributed by atoms with Gasteiger partial charge in [0.15, 0.2) is 9.84 Å². The van der Waals surface area contributed by atoms with Gasteiger partial charge in [-0.3, -0.25) is 0 Å². The third kappa shape index (κ3) is 5.90. The number of fused-ring (bicyclic) bond motifs is 7. The van der Waals surface area contributed by atoms with Crippen molar-refractivity contribution in [1.82, 2.24) is 15.1 Å². The van der Waals surface area contributed by atoms with Crippen LogP contribution in [0.3, 0.4) is 0 Å². The van der Waals surface area contributed by atoms with Gasteiger partial charge in [0.25, 0.3) is 0 Å². The Morgan fingerprint density at radius 2 is 1.61 bits per heavy atom. The number of carbonyl (C=O) groups is 1. The highest BCUT2D eigenvalue weighted by Gasteiger charge is 2.70. The first-order valence-corrected chi connectivity index (χ1v) is 22.1. The Balaban J connectivity index is 1.16. The van der Waals surface area contributed by atoms with Crippen molar-refractivity contribution >= 4 is 21.4 Å². The number of allylic oxidation sites excluding steroid dienone is 2. The van der Waals surface area contributed by atoms with Crippen molar-refractivity contribution in [3.8, 4) is 0 Å². The summed E-state index contributed by atoms with van der Waals surface area (Å²) in [6.07, 6.45) is 13.9. The maximum atomic E-state index is 12.1. The Kier molecular flexibility index (Phi) is 9.53. The van der Waals surface area contributed by atoms with E-state index in [0.29, 0.717) is 65.8 Å². The van der Waals surface area contributed by atoms with Crippen LogP contribution < -0.4 is 5.32 Å². The summed E-state index contributed by atoms with van der Waals surface area (Å²) in [5, 5.41) is 13.8. The molecule has 7 nitrogen and oxygen atoms in total. The standard InChI is InChI=1S/C43H67N3O4S/c1-29(45(7)8)32-15-20-43(44-23-24-46-25-27-51(49,50)28-26-46)22-21-41(5)34(37(32)43)13-14-36-40(4)18-16-33(30-9-11-31(12-10-30)38(47)48)39(2,3)35(40)17-19-42(36,41)6/h9-12,16,29,32,34-37,44H,13-15,17-28H2,1-8H3,(H,47,48). The number of aromatic carboxylic acids is 1. The summed E-state index contributed by atoms with van der Waals surface area (Å²) in [6.45, 7) is 18.8. The van der Waals surface area contributed by atoms with E-state index >= 15 is 0 Å². The summed E-state index contributed by atoms with van der Waals surface area (Å²) < 4.78 is 24.2. The van der Waals surface area contributed by atoms with Gasteiger partial charge in [0, 0.05) is 37.8 Å². The lowest BCUT2D eigenvalue weighted by Crippen LogP contribution is -2.68. The number of nitrogens with zero attached hydrogens (tertiary/aromatic N) is 2. The van der Waals surface area contributed by atoms with Crippen LogP contribution in [0.5, 0.6) is 0 Å². The lowest BCUT2D eigenvalue weighted by atomic mass is 9.33. The van der Waals surface area contributed by atoms with Crippen LogP contribution in [0, 0.1) is 51.2 Å². The second-order valence-corrected chi connectivity index (χ2v) is 21.9. The summed E-state index contributed by atoms with van der Waals surface area (Å²) in [4.78, 5) is 16.4. The first-order valence-electron chi connectivity index (χ1n) is 20.3. The minimum atomic E-state index is -2.86. The normalized spacial score (nSPS) is 42.2. The molecule has 1 aromatic rings. The quantitative estimate of drug-likeness (QED) is 0.288. The summed E-state index contributed by atoms with van der Waals surface area (Å²) >= 11 is 0. The lowest BCUT2D eigenvalue weighted by molar-refractivity contribution is -0.221. The molecule has 0 amide bonds. The van der Waals surface area contributed by atoms with Crippen LogP contribution in [0.25, 0.3) is 5.57 Å². The molecule has 1 aromatic carbocycles. The summed E-state index contributed by atoms with van der Waals surface area (Å²) in [5.74, 6) is 3.04. The monoisotopic (exact) mass is 721 g/mol. The van der Waals surface area contributed by atoms with Gasteiger partial charge in [-0.2, -0.15) is 0 Å². The van der Waals surface area contributed by atoms with Gasteiger partial charge in [0.1, 0.15) is 0 Å². The molecule has 2 N–H and O–H groups in total. The number of sulfone groups is 1. The molecule has 8 heteroatoms. The molecule has 1 heterocycles. The van der Waals surface area contributed by atoms with Gasteiger partial charge in [-0.15, -0.1) is 0 Å². The van der Waals surface area contributed by atoms with Crippen LogP contribution in [0.1, 0.15) is 115 Å². The summed E-state index contributed by atoms with van der Waals surface area (Å²) in [6, 6.07) is 8.15. The molecule has 284 valence electrons. The van der Waals surface area contributed by atoms with Gasteiger partial charge in [-0.25, -0.2) is 13.2 Å². The van der Waals surface area contributed by atoms with Crippen molar-refractivity contribution in [3.63, 3.8) is 0 Å². The smallest absolute Gasteiger partial charge is 0.335 e. The first kappa shape index (κ1) is 37.6. The Morgan fingerprint density at radius 3 is 2.25 bits per heavy atom. The molecular weight excluding hydrogens is 655 g/mol. The lowest BCUT2D eigenvalue weighted by Gasteiger charge is -2.72. The molecule has 0 aromatic heterocycles. The average Bonchev–Trinajstić information content (AvgIpc) is 3.45. The van der Waals surface area contributed by atoms with Crippen molar-refractivity contribution in [2.75, 3.05) is 51.8 Å². The molecule has 5 fully saturated rings. The van der Waals surface area contributed by atoms with E-state index in [1.54, 1.807) is 12.1 Å². The molecule has 0 radical (unpaired) electrons. The van der Waals surface area contributed by atoms with Crippen LogP contribution in [0.2, 0.25) is 0 Å². The molecule has 10 atom stereocenters. The predicted molar refractivity (Wildman–Crippen MR) is 207 cm³/mol. The van der Waals surface area contributed by atoms with Gasteiger partial charge in [-0.1, -0.05) is 52.8 Å². The highest BCUT2D eigenvalue weighted by atomic mass is 32.2. The molecule has 0 spiro atoms. The molecular formula is C43H67N3O4S. The fourth-order valence-electron chi connectivity index (χ4n) is 14.2. The van der Waals surface area contributed by atoms with Crippen molar-refractivity contribution in [2.45, 2.75) is 111 Å². The van der Waals surface area contributed by atoms with Crippen molar-refractivity contribution in [3.05, 3.63) is 41.5 Å². The fourth-order valence-corrected chi connectivity index (χ4v) is 15.5. The van der Waals surface area contributed by atoms with E-state index in [2.05, 4.69) is 76.8 Å². The number of hydrogen-bond acceptors (Lipinski definition) is 6. The van der Waals surface area contributed by atoms with Crippen LogP contribution >= 0.6 is 0 Å². The zero-order chi connectivity index (χ0) is 36.8. The third-order valence-corrected chi connectivity index (χ3v) is 18.9. The van der Waals surface area contributed by atoms with E-state index < -0.39 is 15.8 Å². The number of rotatable bonds is 8. The van der Waals surface area contributed by atoms with Crippen LogP contribution in [-0.2, 0) is 9.84 Å². The van der Waals surface area contributed by atoms with E-state index in [0.717, 1.165) is 19.5 Å². The van der Waals surface area contributed by atoms with Gasteiger partial charge in [0.05, 0.1) is 17.1 Å². The van der Waals surface area contributed by atoms with Crippen LogP contribution in [-0.4, -0.2) is 92.7 Å². The zero-order valence-corrected chi connectivity index (χ0v) is 33.7. The van der Waals surface area contributed by atoms with Crippen molar-refractivity contribution in [1.29, 1.82) is 0 Å². The number of nitrogens with one attached hydrogen (secondary N) is 1. The number of carboxylic acid groups (broad SMARTS) is 1. The molecule has 1 aliphatic heterocycles. The molecule has 6 aliphatic rings. The highest BCUT2D eigenvalue weighted by Crippen LogP contribution is 2.76. The highest BCUT2D eigenvalue weighted by molar-refractivity contribution is 7.91.